The summed E-state index contributed by atoms with van der Waals surface area (Å²) in [6.07, 6.45) is 1.70. The van der Waals surface area contributed by atoms with Crippen LogP contribution in [0.25, 0.3) is 0 Å². The minimum atomic E-state index is 0.741. The van der Waals surface area contributed by atoms with Gasteiger partial charge in [0.25, 0.3) is 0 Å². The first kappa shape index (κ1) is 12.7. The Labute approximate surface area is 107 Å². The summed E-state index contributed by atoms with van der Waals surface area (Å²) in [7, 11) is 1.87. The van der Waals surface area contributed by atoms with Gasteiger partial charge in [-0.15, -0.1) is 0 Å². The fourth-order valence-electron chi connectivity index (χ4n) is 2.04. The number of hydrogen-bond acceptors (Lipinski definition) is 4. The third-order valence-electron chi connectivity index (χ3n) is 3.18. The number of aryl methyl sites for hydroxylation is 2. The van der Waals surface area contributed by atoms with Crippen molar-refractivity contribution in [2.24, 2.45) is 7.05 Å². The minimum Gasteiger partial charge on any atom is -0.468 e. The molecule has 5 heteroatoms. The fourth-order valence-corrected chi connectivity index (χ4v) is 2.04. The molecule has 98 valence electrons. The zero-order valence-corrected chi connectivity index (χ0v) is 11.2. The summed E-state index contributed by atoms with van der Waals surface area (Å²) in [5, 5.41) is 4.34. The van der Waals surface area contributed by atoms with Crippen molar-refractivity contribution in [1.29, 1.82) is 0 Å². The van der Waals surface area contributed by atoms with Crippen molar-refractivity contribution < 1.29 is 4.42 Å². The van der Waals surface area contributed by atoms with Gasteiger partial charge in [0.05, 0.1) is 18.5 Å². The number of rotatable bonds is 5. The molecule has 0 aromatic carbocycles. The van der Waals surface area contributed by atoms with Crippen LogP contribution in [0.2, 0.25) is 0 Å². The molecule has 0 spiro atoms. The molecule has 5 nitrogen and oxygen atoms in total. The van der Waals surface area contributed by atoms with Crippen molar-refractivity contribution in [1.82, 2.24) is 14.7 Å². The smallest absolute Gasteiger partial charge is 0.126 e. The quantitative estimate of drug-likeness (QED) is 0.878. The average Bonchev–Trinajstić information content (AvgIpc) is 2.92. The number of aromatic nitrogens is 2. The van der Waals surface area contributed by atoms with Crippen LogP contribution in [0.3, 0.4) is 0 Å². The Bertz CT molecular complexity index is 501. The molecule has 0 saturated heterocycles. The van der Waals surface area contributed by atoms with Crippen LogP contribution in [0, 0.1) is 6.92 Å². The van der Waals surface area contributed by atoms with Gasteiger partial charge in [-0.1, -0.05) is 6.92 Å². The van der Waals surface area contributed by atoms with Crippen molar-refractivity contribution in [3.8, 4) is 0 Å². The molecule has 2 aromatic rings. The molecule has 0 aliphatic heterocycles. The molecule has 0 unspecified atom stereocenters. The molecule has 2 heterocycles. The van der Waals surface area contributed by atoms with E-state index in [0.29, 0.717) is 0 Å². The van der Waals surface area contributed by atoms with Gasteiger partial charge in [-0.05, 0) is 25.6 Å². The lowest BCUT2D eigenvalue weighted by Crippen LogP contribution is -2.22. The highest BCUT2D eigenvalue weighted by atomic mass is 16.3. The van der Waals surface area contributed by atoms with E-state index in [1.54, 1.807) is 10.9 Å². The van der Waals surface area contributed by atoms with E-state index in [4.69, 9.17) is 10.2 Å². The Balaban J connectivity index is 2.10. The largest absolute Gasteiger partial charge is 0.468 e. The van der Waals surface area contributed by atoms with Crippen LogP contribution in [0.4, 0.5) is 5.82 Å². The lowest BCUT2D eigenvalue weighted by Gasteiger charge is -2.19. The first-order valence-electron chi connectivity index (χ1n) is 6.14. The zero-order valence-electron chi connectivity index (χ0n) is 11.2. The number of hydrogen-bond donors (Lipinski definition) is 1. The zero-order chi connectivity index (χ0) is 13.1. The number of nitrogens with two attached hydrogens (primary N) is 1. The molecule has 2 rings (SSSR count). The van der Waals surface area contributed by atoms with E-state index >= 15 is 0 Å². The lowest BCUT2D eigenvalue weighted by atomic mass is 10.2. The highest BCUT2D eigenvalue weighted by molar-refractivity contribution is 5.42. The molecule has 0 fully saturated rings. The van der Waals surface area contributed by atoms with Gasteiger partial charge in [-0.25, -0.2) is 0 Å². The first-order chi connectivity index (χ1) is 8.61. The molecule has 0 saturated carbocycles. The third kappa shape index (κ3) is 2.56. The molecule has 0 aliphatic carbocycles. The second kappa shape index (κ2) is 5.27. The Morgan fingerprint density at radius 2 is 2.22 bits per heavy atom. The Morgan fingerprint density at radius 1 is 1.44 bits per heavy atom. The van der Waals surface area contributed by atoms with E-state index < -0.39 is 0 Å². The second-order valence-electron chi connectivity index (χ2n) is 4.46. The molecule has 0 amide bonds. The molecule has 0 atom stereocenters. The average molecular weight is 248 g/mol. The molecule has 2 aromatic heterocycles. The number of anilines is 1. The summed E-state index contributed by atoms with van der Waals surface area (Å²) < 4.78 is 7.10. The SMILES string of the molecule is CCN(Cc1ccco1)Cc1c(C)nn(C)c1N. The maximum Gasteiger partial charge on any atom is 0.126 e. The van der Waals surface area contributed by atoms with E-state index in [1.165, 1.54) is 0 Å². The van der Waals surface area contributed by atoms with E-state index in [2.05, 4.69) is 16.9 Å². The summed E-state index contributed by atoms with van der Waals surface area (Å²) in [4.78, 5) is 2.28. The summed E-state index contributed by atoms with van der Waals surface area (Å²) >= 11 is 0. The van der Waals surface area contributed by atoms with Gasteiger partial charge in [-0.3, -0.25) is 9.58 Å². The van der Waals surface area contributed by atoms with E-state index in [9.17, 15) is 0 Å². The Kier molecular flexibility index (Phi) is 3.72. The summed E-state index contributed by atoms with van der Waals surface area (Å²) in [6, 6.07) is 3.90. The highest BCUT2D eigenvalue weighted by Crippen LogP contribution is 2.18. The maximum atomic E-state index is 6.03. The second-order valence-corrected chi connectivity index (χ2v) is 4.46. The molecule has 2 N–H and O–H groups in total. The fraction of sp³-hybridized carbons (Fsp3) is 0.462. The van der Waals surface area contributed by atoms with Gasteiger partial charge in [0.15, 0.2) is 0 Å². The normalized spacial score (nSPS) is 11.3. The van der Waals surface area contributed by atoms with Gasteiger partial charge in [0, 0.05) is 19.2 Å². The van der Waals surface area contributed by atoms with E-state index in [1.807, 2.05) is 26.1 Å². The topological polar surface area (TPSA) is 60.2 Å². The van der Waals surface area contributed by atoms with Crippen LogP contribution >= 0.6 is 0 Å². The van der Waals surface area contributed by atoms with Gasteiger partial charge < -0.3 is 10.2 Å². The third-order valence-corrected chi connectivity index (χ3v) is 3.18. The van der Waals surface area contributed by atoms with E-state index in [0.717, 1.165) is 42.5 Å². The van der Waals surface area contributed by atoms with Gasteiger partial charge in [-0.2, -0.15) is 5.10 Å². The van der Waals surface area contributed by atoms with Crippen LogP contribution in [-0.2, 0) is 20.1 Å². The molecule has 0 radical (unpaired) electrons. The first-order valence-corrected chi connectivity index (χ1v) is 6.14. The minimum absolute atomic E-state index is 0.741. The van der Waals surface area contributed by atoms with Crippen molar-refractivity contribution in [2.45, 2.75) is 26.9 Å². The van der Waals surface area contributed by atoms with Gasteiger partial charge in [0.1, 0.15) is 11.6 Å². The van der Waals surface area contributed by atoms with Gasteiger partial charge in [0.2, 0.25) is 0 Å². The van der Waals surface area contributed by atoms with Crippen molar-refractivity contribution in [3.63, 3.8) is 0 Å². The van der Waals surface area contributed by atoms with Crippen molar-refractivity contribution in [3.05, 3.63) is 35.4 Å². The molecule has 18 heavy (non-hydrogen) atoms. The van der Waals surface area contributed by atoms with Crippen LogP contribution in [0.5, 0.6) is 0 Å². The van der Waals surface area contributed by atoms with Crippen LogP contribution in [0.1, 0.15) is 23.9 Å². The predicted octanol–water partition coefficient (Wildman–Crippen LogP) is 1.93. The summed E-state index contributed by atoms with van der Waals surface area (Å²) in [5.74, 6) is 1.71. The Morgan fingerprint density at radius 3 is 2.72 bits per heavy atom. The highest BCUT2D eigenvalue weighted by Gasteiger charge is 2.14. The van der Waals surface area contributed by atoms with Gasteiger partial charge >= 0.3 is 0 Å². The standard InChI is InChI=1S/C13H20N4O/c1-4-17(8-11-6-5-7-18-11)9-12-10(2)15-16(3)13(12)14/h5-7H,4,8-9,14H2,1-3H3. The molecular formula is C13H20N4O. The number of furan rings is 1. The van der Waals surface area contributed by atoms with Crippen LogP contribution < -0.4 is 5.73 Å². The maximum absolute atomic E-state index is 6.03. The number of nitrogens with zero attached hydrogens (tertiary/aromatic N) is 3. The van der Waals surface area contributed by atoms with E-state index in [-0.39, 0.29) is 0 Å². The summed E-state index contributed by atoms with van der Waals surface area (Å²) in [5.41, 5.74) is 8.13. The molecule has 0 aliphatic rings. The summed E-state index contributed by atoms with van der Waals surface area (Å²) in [6.45, 7) is 6.64. The molecular weight excluding hydrogens is 228 g/mol. The Hall–Kier alpha value is -1.75. The van der Waals surface area contributed by atoms with Crippen molar-refractivity contribution in [2.75, 3.05) is 12.3 Å². The van der Waals surface area contributed by atoms with Crippen LogP contribution in [0.15, 0.2) is 22.8 Å². The predicted molar refractivity (Wildman–Crippen MR) is 70.9 cm³/mol. The molecule has 0 bridgehead atoms. The number of nitrogen functional groups attached to an aromatic ring is 1. The monoisotopic (exact) mass is 248 g/mol. The van der Waals surface area contributed by atoms with Crippen molar-refractivity contribution >= 4 is 5.82 Å². The van der Waals surface area contributed by atoms with Crippen LogP contribution in [-0.4, -0.2) is 21.2 Å². The lowest BCUT2D eigenvalue weighted by molar-refractivity contribution is 0.248.